The van der Waals surface area contributed by atoms with Crippen molar-refractivity contribution in [3.8, 4) is 11.1 Å². The van der Waals surface area contributed by atoms with Crippen LogP contribution in [0.3, 0.4) is 0 Å². The van der Waals surface area contributed by atoms with E-state index in [-0.39, 0.29) is 44.6 Å². The van der Waals surface area contributed by atoms with Gasteiger partial charge in [0.15, 0.2) is 0 Å². The van der Waals surface area contributed by atoms with Crippen LogP contribution < -0.4 is 25.5 Å². The number of hydrogen-bond donors (Lipinski definition) is 0. The van der Waals surface area contributed by atoms with Crippen molar-refractivity contribution >= 4 is 78.0 Å². The van der Waals surface area contributed by atoms with E-state index in [1.54, 1.807) is 0 Å². The molecule has 0 saturated carbocycles. The van der Waals surface area contributed by atoms with Gasteiger partial charge in [0.1, 0.15) is 0 Å². The molecule has 6 aromatic carbocycles. The van der Waals surface area contributed by atoms with Crippen molar-refractivity contribution in [2.45, 2.75) is 182 Å². The topological polar surface area (TPSA) is 6.48 Å². The molecule has 0 N–H and O–H groups in total. The van der Waals surface area contributed by atoms with E-state index in [4.69, 9.17) is 0 Å². The van der Waals surface area contributed by atoms with E-state index in [0.717, 1.165) is 0 Å². The molecule has 2 nitrogen and oxygen atoms in total. The highest BCUT2D eigenvalue weighted by atomic mass is 32.1. The molecular formula is C66H79BN2S. The van der Waals surface area contributed by atoms with Gasteiger partial charge in [0, 0.05) is 43.2 Å². The third-order valence-electron chi connectivity index (χ3n) is 16.5. The Morgan fingerprint density at radius 3 is 1.54 bits per heavy atom. The van der Waals surface area contributed by atoms with Crippen LogP contribution in [0.2, 0.25) is 0 Å². The van der Waals surface area contributed by atoms with Crippen LogP contribution in [0.5, 0.6) is 0 Å². The molecule has 362 valence electrons. The smallest absolute Gasteiger partial charge is 0.264 e. The zero-order valence-electron chi connectivity index (χ0n) is 46.2. The maximum absolute atomic E-state index is 2.72. The van der Waals surface area contributed by atoms with E-state index in [1.807, 2.05) is 11.3 Å². The number of rotatable bonds is 3. The predicted molar refractivity (Wildman–Crippen MR) is 310 cm³/mol. The molecule has 70 heavy (non-hydrogen) atoms. The van der Waals surface area contributed by atoms with Crippen LogP contribution in [0.1, 0.15) is 183 Å². The van der Waals surface area contributed by atoms with Gasteiger partial charge in [-0.3, -0.25) is 0 Å². The lowest BCUT2D eigenvalue weighted by Crippen LogP contribution is -2.60. The van der Waals surface area contributed by atoms with E-state index in [2.05, 4.69) is 251 Å². The third kappa shape index (κ3) is 7.98. The summed E-state index contributed by atoms with van der Waals surface area (Å²) < 4.78 is 2.79. The summed E-state index contributed by atoms with van der Waals surface area (Å²) >= 11 is 2.02. The highest BCUT2D eigenvalue weighted by molar-refractivity contribution is 7.33. The minimum absolute atomic E-state index is 0.0294. The van der Waals surface area contributed by atoms with Gasteiger partial charge in [-0.2, -0.15) is 0 Å². The summed E-state index contributed by atoms with van der Waals surface area (Å²) in [5, 5.41) is 1.34. The number of benzene rings is 6. The van der Waals surface area contributed by atoms with E-state index < -0.39 is 0 Å². The van der Waals surface area contributed by atoms with Gasteiger partial charge in [0.05, 0.1) is 11.4 Å². The van der Waals surface area contributed by atoms with Crippen LogP contribution in [0.4, 0.5) is 34.1 Å². The van der Waals surface area contributed by atoms with Gasteiger partial charge in [-0.05, 0) is 155 Å². The number of thiophene rings is 1. The average Bonchev–Trinajstić information content (AvgIpc) is 3.64. The molecule has 3 aliphatic rings. The minimum atomic E-state index is -0.131. The summed E-state index contributed by atoms with van der Waals surface area (Å²) in [7, 11) is 0. The monoisotopic (exact) mass is 943 g/mol. The highest BCUT2D eigenvalue weighted by Gasteiger charge is 2.47. The average molecular weight is 943 g/mol. The van der Waals surface area contributed by atoms with Crippen LogP contribution in [-0.2, 0) is 37.9 Å². The summed E-state index contributed by atoms with van der Waals surface area (Å²) in [6.07, 6.45) is 2.37. The molecule has 1 aliphatic carbocycles. The Labute approximate surface area is 427 Å². The minimum Gasteiger partial charge on any atom is -0.311 e. The Morgan fingerprint density at radius 1 is 0.443 bits per heavy atom. The Balaban J connectivity index is 1.35. The molecule has 10 rings (SSSR count). The van der Waals surface area contributed by atoms with Gasteiger partial charge in [-0.25, -0.2) is 0 Å². The second-order valence-electron chi connectivity index (χ2n) is 27.9. The molecule has 2 aliphatic heterocycles. The highest BCUT2D eigenvalue weighted by Crippen LogP contribution is 2.54. The van der Waals surface area contributed by atoms with E-state index in [9.17, 15) is 0 Å². The molecule has 0 unspecified atom stereocenters. The van der Waals surface area contributed by atoms with Crippen LogP contribution in [-0.4, -0.2) is 6.71 Å². The van der Waals surface area contributed by atoms with Gasteiger partial charge in [-0.15, -0.1) is 11.3 Å². The van der Waals surface area contributed by atoms with Crippen LogP contribution >= 0.6 is 11.3 Å². The first-order valence-electron chi connectivity index (χ1n) is 26.3. The Kier molecular flexibility index (Phi) is 10.9. The third-order valence-corrected chi connectivity index (χ3v) is 17.7. The van der Waals surface area contributed by atoms with Gasteiger partial charge >= 0.3 is 0 Å². The first-order chi connectivity index (χ1) is 32.3. The van der Waals surface area contributed by atoms with E-state index in [1.165, 1.54) is 123 Å². The zero-order valence-corrected chi connectivity index (χ0v) is 47.0. The molecule has 7 aromatic rings. The van der Waals surface area contributed by atoms with Crippen molar-refractivity contribution in [1.29, 1.82) is 0 Å². The van der Waals surface area contributed by atoms with Crippen molar-refractivity contribution in [3.05, 3.63) is 148 Å². The Morgan fingerprint density at radius 2 is 0.943 bits per heavy atom. The standard InChI is InChI=1S/C66H79BN2S/c1-60(2,3)41-22-20-40(21-23-41)48-34-42(61(4,5)6)26-31-52(48)69-53-35-43(62(7,8)9)25-30-51(53)67-57-54(36-45(37-55(57)69)64(13,14)15)68(46-27-29-49-50(39-46)66(18,19)33-32-65(49,16)17)58-47-28-24-44(63(10,11)12)38-56(47)70-59(58)67/h20-31,34-39H,32-33H2,1-19H3. The quantitative estimate of drug-likeness (QED) is 0.163. The predicted octanol–water partition coefficient (Wildman–Crippen LogP) is 17.5. The maximum Gasteiger partial charge on any atom is 0.264 e. The molecule has 0 saturated heterocycles. The fourth-order valence-corrected chi connectivity index (χ4v) is 13.0. The molecule has 0 bridgehead atoms. The molecule has 3 heterocycles. The van der Waals surface area contributed by atoms with Crippen molar-refractivity contribution in [3.63, 3.8) is 0 Å². The van der Waals surface area contributed by atoms with Crippen LogP contribution in [0, 0.1) is 0 Å². The number of hydrogen-bond acceptors (Lipinski definition) is 3. The first kappa shape index (κ1) is 48.6. The number of nitrogens with zero attached hydrogens (tertiary/aromatic N) is 2. The zero-order chi connectivity index (χ0) is 50.6. The van der Waals surface area contributed by atoms with Gasteiger partial charge in [0.25, 0.3) is 6.71 Å². The molecule has 1 aromatic heterocycles. The molecule has 0 amide bonds. The molecule has 0 atom stereocenters. The lowest BCUT2D eigenvalue weighted by atomic mass is 9.36. The second kappa shape index (κ2) is 15.7. The first-order valence-corrected chi connectivity index (χ1v) is 27.1. The fourth-order valence-electron chi connectivity index (χ4n) is 11.7. The summed E-state index contributed by atoms with van der Waals surface area (Å²) in [6, 6.07) is 44.4. The lowest BCUT2D eigenvalue weighted by Gasteiger charge is -2.46. The molecule has 4 heteroatoms. The van der Waals surface area contributed by atoms with Crippen LogP contribution in [0.25, 0.3) is 21.2 Å². The summed E-state index contributed by atoms with van der Waals surface area (Å²) in [4.78, 5) is 5.41. The van der Waals surface area contributed by atoms with Crippen molar-refractivity contribution < 1.29 is 0 Å². The second-order valence-corrected chi connectivity index (χ2v) is 29.0. The number of fused-ring (bicyclic) bond motifs is 7. The molecule has 0 fully saturated rings. The van der Waals surface area contributed by atoms with Crippen molar-refractivity contribution in [2.24, 2.45) is 0 Å². The summed E-state index contributed by atoms with van der Waals surface area (Å²) in [5.74, 6) is 0. The molecule has 0 spiro atoms. The summed E-state index contributed by atoms with van der Waals surface area (Å²) in [5.41, 5.74) is 22.7. The normalized spacial score (nSPS) is 16.5. The van der Waals surface area contributed by atoms with E-state index in [0.29, 0.717) is 0 Å². The van der Waals surface area contributed by atoms with Gasteiger partial charge in [-0.1, -0.05) is 192 Å². The Hall–Kier alpha value is -5.06. The van der Waals surface area contributed by atoms with Gasteiger partial charge < -0.3 is 9.80 Å². The lowest BCUT2D eigenvalue weighted by molar-refractivity contribution is 0.332. The molecule has 0 radical (unpaired) electrons. The van der Waals surface area contributed by atoms with Crippen LogP contribution in [0.15, 0.2) is 109 Å². The van der Waals surface area contributed by atoms with Crippen molar-refractivity contribution in [2.75, 3.05) is 9.80 Å². The summed E-state index contributed by atoms with van der Waals surface area (Å²) in [6.45, 7) is 45.2. The number of anilines is 6. The SMILES string of the molecule is CC(C)(C)c1ccc(-c2cc(C(C)(C)C)ccc2N2c3cc(C(C)(C)C)ccc3B3c4sc5cc(C(C)(C)C)ccc5c4N(c4ccc5c(c4)C(C)(C)CCC5(C)C)c4cc(C(C)(C)C)cc2c43)cc1. The largest absolute Gasteiger partial charge is 0.311 e. The van der Waals surface area contributed by atoms with Gasteiger partial charge in [0.2, 0.25) is 0 Å². The Bertz CT molecular complexity index is 3230. The maximum atomic E-state index is 2.72. The fraction of sp³-hybridized carbons (Fsp3) is 0.424. The van der Waals surface area contributed by atoms with Crippen molar-refractivity contribution in [1.82, 2.24) is 0 Å². The molecular weight excluding hydrogens is 864 g/mol. The van der Waals surface area contributed by atoms with E-state index >= 15 is 0 Å².